The Hall–Kier alpha value is -2.44. The summed E-state index contributed by atoms with van der Waals surface area (Å²) in [7, 11) is 0. The van der Waals surface area contributed by atoms with Crippen LogP contribution in [-0.2, 0) is 4.79 Å². The normalized spacial score (nSPS) is 12.0. The zero-order chi connectivity index (χ0) is 16.9. The number of nitrogens with zero attached hydrogens (tertiary/aromatic N) is 1. The Labute approximate surface area is 128 Å². The molecule has 0 heterocycles. The molecule has 0 aliphatic heterocycles. The van der Waals surface area contributed by atoms with E-state index >= 15 is 0 Å². The topological polar surface area (TPSA) is 110 Å². The maximum absolute atomic E-state index is 12.1. The number of amides is 1. The molecule has 0 aromatic heterocycles. The predicted octanol–water partition coefficient (Wildman–Crippen LogP) is 2.38. The zero-order valence-electron chi connectivity index (χ0n) is 12.8. The summed E-state index contributed by atoms with van der Waals surface area (Å²) in [6, 6.07) is 4.24. The fraction of sp³-hybridized carbons (Fsp3) is 0.467. The van der Waals surface area contributed by atoms with Crippen LogP contribution in [0.5, 0.6) is 0 Å². The van der Waals surface area contributed by atoms with Gasteiger partial charge in [-0.2, -0.15) is 0 Å². The summed E-state index contributed by atoms with van der Waals surface area (Å²) in [4.78, 5) is 33.6. The fourth-order valence-corrected chi connectivity index (χ4v) is 2.22. The molecule has 1 aromatic carbocycles. The van der Waals surface area contributed by atoms with Gasteiger partial charge in [0.2, 0.25) is 0 Å². The number of carboxylic acids is 1. The van der Waals surface area contributed by atoms with Gasteiger partial charge in [0.1, 0.15) is 0 Å². The van der Waals surface area contributed by atoms with E-state index in [4.69, 9.17) is 5.11 Å². The second-order valence-corrected chi connectivity index (χ2v) is 5.58. The third-order valence-corrected chi connectivity index (χ3v) is 3.36. The predicted molar refractivity (Wildman–Crippen MR) is 80.7 cm³/mol. The number of hydrogen-bond donors (Lipinski definition) is 2. The number of carboxylic acid groups (broad SMARTS) is 1. The van der Waals surface area contributed by atoms with Gasteiger partial charge < -0.3 is 10.4 Å². The van der Waals surface area contributed by atoms with Gasteiger partial charge in [-0.15, -0.1) is 0 Å². The Kier molecular flexibility index (Phi) is 6.03. The minimum atomic E-state index is -0.968. The van der Waals surface area contributed by atoms with Gasteiger partial charge >= 0.3 is 5.97 Å². The van der Waals surface area contributed by atoms with E-state index in [1.54, 1.807) is 0 Å². The van der Waals surface area contributed by atoms with E-state index in [-0.39, 0.29) is 29.3 Å². The largest absolute Gasteiger partial charge is 0.481 e. The van der Waals surface area contributed by atoms with Crippen LogP contribution in [0.15, 0.2) is 18.2 Å². The number of rotatable bonds is 7. The maximum Gasteiger partial charge on any atom is 0.308 e. The smallest absolute Gasteiger partial charge is 0.308 e. The van der Waals surface area contributed by atoms with Crippen molar-refractivity contribution in [3.63, 3.8) is 0 Å². The van der Waals surface area contributed by atoms with Gasteiger partial charge in [0.15, 0.2) is 0 Å². The summed E-state index contributed by atoms with van der Waals surface area (Å²) in [6.07, 6.45) is 0.448. The van der Waals surface area contributed by atoms with E-state index in [1.165, 1.54) is 25.1 Å². The number of aliphatic carboxylic acids is 1. The number of nitrogens with one attached hydrogen (secondary N) is 1. The molecule has 0 spiro atoms. The van der Waals surface area contributed by atoms with Crippen LogP contribution in [0.1, 0.15) is 36.2 Å². The van der Waals surface area contributed by atoms with Crippen molar-refractivity contribution in [2.75, 3.05) is 6.54 Å². The summed E-state index contributed by atoms with van der Waals surface area (Å²) in [6.45, 7) is 5.30. The molecule has 1 rings (SSSR count). The zero-order valence-corrected chi connectivity index (χ0v) is 12.8. The highest BCUT2D eigenvalue weighted by atomic mass is 16.6. The van der Waals surface area contributed by atoms with Gasteiger partial charge in [-0.25, -0.2) is 0 Å². The van der Waals surface area contributed by atoms with E-state index < -0.39 is 22.7 Å². The molecule has 1 amide bonds. The highest BCUT2D eigenvalue weighted by molar-refractivity contribution is 5.96. The summed E-state index contributed by atoms with van der Waals surface area (Å²) in [5, 5.41) is 22.6. The Morgan fingerprint density at radius 1 is 1.36 bits per heavy atom. The lowest BCUT2D eigenvalue weighted by molar-refractivity contribution is -0.385. The Bertz CT molecular complexity index is 583. The SMILES string of the molecule is Cc1c(C(=O)NCC(CC(C)C)C(=O)O)cccc1[N+](=O)[O-]. The number of carbonyl (C=O) groups is 2. The summed E-state index contributed by atoms with van der Waals surface area (Å²) >= 11 is 0. The van der Waals surface area contributed by atoms with Crippen molar-refractivity contribution >= 4 is 17.6 Å². The molecule has 2 N–H and O–H groups in total. The molecule has 7 heteroatoms. The molecular weight excluding hydrogens is 288 g/mol. The van der Waals surface area contributed by atoms with E-state index in [2.05, 4.69) is 5.32 Å². The first-order valence-corrected chi connectivity index (χ1v) is 6.99. The molecule has 0 aliphatic rings. The summed E-state index contributed by atoms with van der Waals surface area (Å²) in [5.41, 5.74) is 0.313. The standard InChI is InChI=1S/C15H20N2O5/c1-9(2)7-11(15(19)20)8-16-14(18)12-5-4-6-13(10(12)3)17(21)22/h4-6,9,11H,7-8H2,1-3H3,(H,16,18)(H,19,20). The van der Waals surface area contributed by atoms with Crippen LogP contribution >= 0.6 is 0 Å². The molecule has 1 atom stereocenters. The van der Waals surface area contributed by atoms with Crippen LogP contribution in [0, 0.1) is 28.9 Å². The molecule has 0 saturated heterocycles. The van der Waals surface area contributed by atoms with Crippen molar-refractivity contribution in [1.29, 1.82) is 0 Å². The average Bonchev–Trinajstić information content (AvgIpc) is 2.42. The van der Waals surface area contributed by atoms with Crippen LogP contribution < -0.4 is 5.32 Å². The molecule has 0 saturated carbocycles. The number of nitro groups is 1. The van der Waals surface area contributed by atoms with E-state index in [0.29, 0.717) is 6.42 Å². The molecule has 0 fully saturated rings. The number of benzene rings is 1. The van der Waals surface area contributed by atoms with Crippen LogP contribution in [0.3, 0.4) is 0 Å². The van der Waals surface area contributed by atoms with E-state index in [1.807, 2.05) is 13.8 Å². The minimum absolute atomic E-state index is 0.00548. The van der Waals surface area contributed by atoms with Crippen LogP contribution in [0.25, 0.3) is 0 Å². The Morgan fingerprint density at radius 2 is 2.00 bits per heavy atom. The first-order valence-electron chi connectivity index (χ1n) is 6.99. The monoisotopic (exact) mass is 308 g/mol. The van der Waals surface area contributed by atoms with Crippen molar-refractivity contribution in [3.8, 4) is 0 Å². The summed E-state index contributed by atoms with van der Waals surface area (Å²) < 4.78 is 0. The van der Waals surface area contributed by atoms with Crippen molar-refractivity contribution in [1.82, 2.24) is 5.32 Å². The third kappa shape index (κ3) is 4.54. The lowest BCUT2D eigenvalue weighted by Crippen LogP contribution is -2.34. The molecule has 0 radical (unpaired) electrons. The molecule has 0 aliphatic carbocycles. The van der Waals surface area contributed by atoms with Crippen molar-refractivity contribution in [2.24, 2.45) is 11.8 Å². The van der Waals surface area contributed by atoms with E-state index in [0.717, 1.165) is 0 Å². The first kappa shape index (κ1) is 17.6. The molecule has 7 nitrogen and oxygen atoms in total. The molecule has 120 valence electrons. The molecule has 1 unspecified atom stereocenters. The van der Waals surface area contributed by atoms with Crippen molar-refractivity contribution in [3.05, 3.63) is 39.4 Å². The van der Waals surface area contributed by atoms with Crippen molar-refractivity contribution in [2.45, 2.75) is 27.2 Å². The minimum Gasteiger partial charge on any atom is -0.481 e. The molecule has 1 aromatic rings. The first-order chi connectivity index (χ1) is 10.2. The van der Waals surface area contributed by atoms with Gasteiger partial charge in [0, 0.05) is 23.7 Å². The second-order valence-electron chi connectivity index (χ2n) is 5.58. The lowest BCUT2D eigenvalue weighted by Gasteiger charge is -2.15. The van der Waals surface area contributed by atoms with Gasteiger partial charge in [0.05, 0.1) is 10.8 Å². The number of hydrogen-bond acceptors (Lipinski definition) is 4. The quantitative estimate of drug-likeness (QED) is 0.593. The molecular formula is C15H20N2O5. The average molecular weight is 308 g/mol. The number of carbonyl (C=O) groups excluding carboxylic acids is 1. The van der Waals surface area contributed by atoms with E-state index in [9.17, 15) is 19.7 Å². The fourth-order valence-electron chi connectivity index (χ4n) is 2.22. The third-order valence-electron chi connectivity index (χ3n) is 3.36. The maximum atomic E-state index is 12.1. The van der Waals surface area contributed by atoms with Gasteiger partial charge in [0.25, 0.3) is 11.6 Å². The van der Waals surface area contributed by atoms with Crippen LogP contribution in [0.4, 0.5) is 5.69 Å². The highest BCUT2D eigenvalue weighted by Crippen LogP contribution is 2.21. The lowest BCUT2D eigenvalue weighted by atomic mass is 9.97. The summed E-state index contributed by atoms with van der Waals surface area (Å²) in [5.74, 6) is -1.96. The second kappa shape index (κ2) is 7.53. The Morgan fingerprint density at radius 3 is 2.50 bits per heavy atom. The van der Waals surface area contributed by atoms with Gasteiger partial charge in [-0.3, -0.25) is 19.7 Å². The Balaban J connectivity index is 2.83. The van der Waals surface area contributed by atoms with Crippen LogP contribution in [0.2, 0.25) is 0 Å². The van der Waals surface area contributed by atoms with Gasteiger partial charge in [-0.05, 0) is 25.3 Å². The van der Waals surface area contributed by atoms with Crippen molar-refractivity contribution < 1.29 is 19.6 Å². The van der Waals surface area contributed by atoms with Gasteiger partial charge in [-0.1, -0.05) is 19.9 Å². The molecule has 22 heavy (non-hydrogen) atoms. The number of nitro benzene ring substituents is 1. The van der Waals surface area contributed by atoms with Crippen LogP contribution in [-0.4, -0.2) is 28.5 Å². The highest BCUT2D eigenvalue weighted by Gasteiger charge is 2.22. The molecule has 0 bridgehead atoms.